The van der Waals surface area contributed by atoms with Crippen LogP contribution in [-0.4, -0.2) is 79.2 Å². The Balaban J connectivity index is 1.02. The van der Waals surface area contributed by atoms with Gasteiger partial charge in [-0.05, 0) is 80.1 Å². The van der Waals surface area contributed by atoms with E-state index in [1.807, 2.05) is 152 Å². The summed E-state index contributed by atoms with van der Waals surface area (Å²) in [7, 11) is 0. The molecule has 0 radical (unpaired) electrons. The number of carbonyl (C=O) groups is 4. The number of carbonyl (C=O) groups excluding carboxylic acids is 4. The molecule has 3 atom stereocenters. The van der Waals surface area contributed by atoms with E-state index in [2.05, 4.69) is 15.8 Å². The van der Waals surface area contributed by atoms with E-state index < -0.39 is 68.4 Å². The second-order valence-corrected chi connectivity index (χ2v) is 22.1. The molecule has 0 saturated carbocycles. The minimum Gasteiger partial charge on any atom is -0.457 e. The summed E-state index contributed by atoms with van der Waals surface area (Å²) in [6.45, 7) is 8.03. The highest BCUT2D eigenvalue weighted by Gasteiger charge is 2.58. The fourth-order valence-electron chi connectivity index (χ4n) is 9.05. The van der Waals surface area contributed by atoms with Crippen molar-refractivity contribution in [2.75, 3.05) is 17.6 Å². The zero-order valence-corrected chi connectivity index (χ0v) is 44.5. The van der Waals surface area contributed by atoms with E-state index in [1.165, 1.54) is 54.0 Å². The molecular weight excluding hydrogens is 1010 g/mol. The topological polar surface area (TPSA) is 192 Å². The number of nitrogens with one attached hydrogen (secondary N) is 2. The number of benzene rings is 6. The lowest BCUT2D eigenvalue weighted by Gasteiger charge is -2.53. The summed E-state index contributed by atoms with van der Waals surface area (Å²) in [6.07, 6.45) is 2.60. The first-order valence-electron chi connectivity index (χ1n) is 24.8. The number of nitro groups is 1. The van der Waals surface area contributed by atoms with Crippen LogP contribution in [0, 0.1) is 15.5 Å². The van der Waals surface area contributed by atoms with Crippen LogP contribution in [0.2, 0.25) is 0 Å². The van der Waals surface area contributed by atoms with Crippen molar-refractivity contribution in [2.45, 2.75) is 68.9 Å². The number of non-ortho nitro benzene ring substituents is 1. The van der Waals surface area contributed by atoms with E-state index in [4.69, 9.17) is 19.3 Å². The highest BCUT2D eigenvalue weighted by Crippen LogP contribution is 2.46. The van der Waals surface area contributed by atoms with Gasteiger partial charge in [0.05, 0.1) is 4.92 Å². The van der Waals surface area contributed by atoms with Gasteiger partial charge in [-0.1, -0.05) is 169 Å². The predicted octanol–water partition coefficient (Wildman–Crippen LogP) is 10.7. The van der Waals surface area contributed by atoms with E-state index in [9.17, 15) is 29.3 Å². The average molecular weight is 1070 g/mol. The lowest BCUT2D eigenvalue weighted by atomic mass is 9.77. The Morgan fingerprint density at radius 1 is 0.779 bits per heavy atom. The van der Waals surface area contributed by atoms with Crippen molar-refractivity contribution < 1.29 is 38.4 Å². The molecule has 77 heavy (non-hydrogen) atoms. The van der Waals surface area contributed by atoms with Gasteiger partial charge < -0.3 is 29.8 Å². The molecule has 0 aliphatic carbocycles. The molecule has 2 amide bonds. The highest BCUT2D eigenvalue weighted by atomic mass is 32.2. The van der Waals surface area contributed by atoms with Crippen LogP contribution < -0.4 is 10.6 Å². The van der Waals surface area contributed by atoms with Crippen molar-refractivity contribution in [1.29, 1.82) is 0 Å². The SMILES string of the molecule is CC(C)(C)OC(=O)C(C)(C)ON=C(C(=O)NC1C(=O)N2CC(C=Cc3ccc([N+](=O)[O-])cc3)(C(=O)OC(c3ccccc3)c3ccccc3)CS[C@H]12)c1csc(NC(c2ccccc2)(c2ccccc2)c2ccccc2)n1. The molecule has 9 rings (SSSR count). The molecule has 2 unspecified atom stereocenters. The lowest BCUT2D eigenvalue weighted by Crippen LogP contribution is -2.74. The van der Waals surface area contributed by atoms with Crippen LogP contribution in [0.3, 0.4) is 0 Å². The average Bonchev–Trinajstić information content (AvgIpc) is 3.91. The minimum atomic E-state index is -1.67. The van der Waals surface area contributed by atoms with Crippen molar-refractivity contribution in [3.05, 3.63) is 237 Å². The maximum absolute atomic E-state index is 14.9. The van der Waals surface area contributed by atoms with Gasteiger partial charge in [-0.15, -0.1) is 23.1 Å². The number of oxime groups is 1. The van der Waals surface area contributed by atoms with Crippen molar-refractivity contribution in [3.8, 4) is 0 Å². The summed E-state index contributed by atoms with van der Waals surface area (Å²) in [5, 5.41) is 23.8. The molecule has 2 fully saturated rings. The smallest absolute Gasteiger partial charge is 0.353 e. The monoisotopic (exact) mass is 1070 g/mol. The number of ether oxygens (including phenoxy) is 2. The third-order valence-electron chi connectivity index (χ3n) is 13.1. The summed E-state index contributed by atoms with van der Waals surface area (Å²) >= 11 is 2.52. The van der Waals surface area contributed by atoms with Crippen molar-refractivity contribution in [2.24, 2.45) is 10.6 Å². The van der Waals surface area contributed by atoms with Crippen molar-refractivity contribution >= 4 is 69.5 Å². The van der Waals surface area contributed by atoms with Gasteiger partial charge in [0.2, 0.25) is 11.5 Å². The Morgan fingerprint density at radius 2 is 1.30 bits per heavy atom. The van der Waals surface area contributed by atoms with E-state index in [0.29, 0.717) is 10.7 Å². The maximum atomic E-state index is 14.9. The number of rotatable bonds is 18. The number of thiazole rings is 1. The Kier molecular flexibility index (Phi) is 15.6. The number of aromatic nitrogens is 1. The van der Waals surface area contributed by atoms with Crippen LogP contribution in [0.4, 0.5) is 10.8 Å². The van der Waals surface area contributed by atoms with E-state index >= 15 is 0 Å². The van der Waals surface area contributed by atoms with Crippen molar-refractivity contribution in [3.63, 3.8) is 0 Å². The van der Waals surface area contributed by atoms with Crippen molar-refractivity contribution in [1.82, 2.24) is 15.2 Å². The summed E-state index contributed by atoms with van der Waals surface area (Å²) < 4.78 is 12.1. The summed E-state index contributed by atoms with van der Waals surface area (Å²) in [5.74, 6) is -2.45. The molecule has 1 aromatic heterocycles. The normalized spacial score (nSPS) is 17.7. The number of thioether (sulfide) groups is 1. The molecule has 2 saturated heterocycles. The molecule has 0 bridgehead atoms. The maximum Gasteiger partial charge on any atom is 0.353 e. The second kappa shape index (κ2) is 22.4. The van der Waals surface area contributed by atoms with Crippen LogP contribution in [-0.2, 0) is 39.0 Å². The molecule has 2 N–H and O–H groups in total. The molecule has 3 heterocycles. The first-order chi connectivity index (χ1) is 37.0. The van der Waals surface area contributed by atoms with Gasteiger partial charge in [0.1, 0.15) is 33.7 Å². The van der Waals surface area contributed by atoms with Gasteiger partial charge in [0.25, 0.3) is 11.6 Å². The first kappa shape index (κ1) is 53.4. The number of nitro benzene ring substituents is 1. The van der Waals surface area contributed by atoms with Crippen LogP contribution in [0.5, 0.6) is 0 Å². The van der Waals surface area contributed by atoms with Gasteiger partial charge in [-0.25, -0.2) is 9.78 Å². The van der Waals surface area contributed by atoms with Gasteiger partial charge in [0.15, 0.2) is 16.9 Å². The minimum absolute atomic E-state index is 0.0882. The molecular formula is C60H56N6O9S2. The molecule has 17 heteroatoms. The highest BCUT2D eigenvalue weighted by molar-refractivity contribution is 8.00. The number of anilines is 1. The number of hydrogen-bond acceptors (Lipinski definition) is 14. The molecule has 0 spiro atoms. The number of hydrogen-bond donors (Lipinski definition) is 2. The van der Waals surface area contributed by atoms with Crippen LogP contribution in [0.15, 0.2) is 193 Å². The third kappa shape index (κ3) is 11.7. The Bertz CT molecular complexity index is 3160. The molecule has 2 aliphatic heterocycles. The molecule has 2 aliphatic rings. The van der Waals surface area contributed by atoms with Gasteiger partial charge in [0, 0.05) is 29.8 Å². The first-order valence-corrected chi connectivity index (χ1v) is 26.8. The standard InChI is InChI=1S/C60H56N6O9S2/c1-57(2,3)74-54(69)58(4,5)75-64-48(47-37-76-56(61-47)63-60(43-25-15-8-16-26-43,44-27-17-9-18-28-44)45-29-19-10-20-30-45)51(67)62-49-52(68)65-38-59(39-77-53(49)65,36-35-40-31-33-46(34-32-40)66(71)72)55(70)73-50(41-21-11-6-12-22-41)42-23-13-7-14-24-42/h6-37,49-50,53H,38-39H2,1-5H3,(H,61,63)(H,62,67)/t49?,53-,59?/m1/s1. The summed E-state index contributed by atoms with van der Waals surface area (Å²) in [4.78, 5) is 80.9. The van der Waals surface area contributed by atoms with Gasteiger partial charge >= 0.3 is 11.9 Å². The van der Waals surface area contributed by atoms with E-state index in [0.717, 1.165) is 27.8 Å². The molecule has 15 nitrogen and oxygen atoms in total. The van der Waals surface area contributed by atoms with Crippen LogP contribution in [0.25, 0.3) is 6.08 Å². The lowest BCUT2D eigenvalue weighted by molar-refractivity contribution is -0.384. The van der Waals surface area contributed by atoms with Crippen LogP contribution >= 0.6 is 23.1 Å². The zero-order valence-electron chi connectivity index (χ0n) is 42.9. The van der Waals surface area contributed by atoms with E-state index in [1.54, 1.807) is 50.4 Å². The Labute approximate surface area is 454 Å². The number of nitrogens with zero attached hydrogens (tertiary/aromatic N) is 4. The van der Waals surface area contributed by atoms with Gasteiger partial charge in [-0.2, -0.15) is 0 Å². The zero-order chi connectivity index (χ0) is 54.4. The molecule has 7 aromatic rings. The van der Waals surface area contributed by atoms with Gasteiger partial charge in [-0.3, -0.25) is 24.5 Å². The number of fused-ring (bicyclic) bond motifs is 1. The largest absolute Gasteiger partial charge is 0.457 e. The number of β-lactam (4-membered cyclic amide) rings is 1. The molecule has 392 valence electrons. The number of amides is 2. The fourth-order valence-corrected chi connectivity index (χ4v) is 11.3. The Hall–Kier alpha value is -8.41. The quantitative estimate of drug-likeness (QED) is 0.0207. The predicted molar refractivity (Wildman–Crippen MR) is 298 cm³/mol. The fraction of sp³-hybridized carbons (Fsp3) is 0.233. The Morgan fingerprint density at radius 3 is 1.81 bits per heavy atom. The third-order valence-corrected chi connectivity index (χ3v) is 15.4. The summed E-state index contributed by atoms with van der Waals surface area (Å²) in [6, 6.07) is 53.4. The number of esters is 2. The van der Waals surface area contributed by atoms with Crippen LogP contribution in [0.1, 0.15) is 79.8 Å². The second-order valence-electron chi connectivity index (χ2n) is 20.1. The summed E-state index contributed by atoms with van der Waals surface area (Å²) in [5.41, 5.74) is -0.328. The molecule has 6 aromatic carbocycles. The van der Waals surface area contributed by atoms with E-state index in [-0.39, 0.29) is 29.4 Å².